The largest absolute Gasteiger partial charge is 0.464 e. The molecule has 4 nitrogen and oxygen atoms in total. The van der Waals surface area contributed by atoms with E-state index in [0.29, 0.717) is 13.0 Å². The molecule has 0 saturated heterocycles. The first-order valence-electron chi connectivity index (χ1n) is 9.61. The minimum absolute atomic E-state index is 0.0399. The quantitative estimate of drug-likeness (QED) is 0.559. The summed E-state index contributed by atoms with van der Waals surface area (Å²) in [5, 5.41) is 5.36. The summed E-state index contributed by atoms with van der Waals surface area (Å²) in [5.41, 5.74) is 7.05. The highest BCUT2D eigenvalue weighted by Crippen LogP contribution is 2.30. The molecular weight excluding hydrogens is 336 g/mol. The number of aromatic amines is 1. The molecule has 2 aromatic heterocycles. The molecule has 2 N–H and O–H groups in total. The number of benzene rings is 2. The van der Waals surface area contributed by atoms with E-state index in [-0.39, 0.29) is 5.91 Å². The van der Waals surface area contributed by atoms with Gasteiger partial charge in [0.15, 0.2) is 0 Å². The molecule has 0 unspecified atom stereocenters. The second-order valence-electron chi connectivity index (χ2n) is 7.37. The summed E-state index contributed by atoms with van der Waals surface area (Å²) in [6.45, 7) is 0.631. The Bertz CT molecular complexity index is 1140. The van der Waals surface area contributed by atoms with Gasteiger partial charge in [-0.05, 0) is 60.6 Å². The summed E-state index contributed by atoms with van der Waals surface area (Å²) in [5.74, 6) is 0.0399. The summed E-state index contributed by atoms with van der Waals surface area (Å²) < 4.78 is 5.70. The number of nitrogens with one attached hydrogen (secondary N) is 2. The zero-order chi connectivity index (χ0) is 18.2. The number of H-pyrrole nitrogens is 1. The number of carbonyl (C=O) groups is 1. The number of hydrogen-bond acceptors (Lipinski definition) is 2. The van der Waals surface area contributed by atoms with Gasteiger partial charge in [0.25, 0.3) is 0 Å². The molecule has 1 amide bonds. The fraction of sp³-hybridized carbons (Fsp3) is 0.261. The smallest absolute Gasteiger partial charge is 0.224 e. The van der Waals surface area contributed by atoms with Gasteiger partial charge in [-0.15, -0.1) is 0 Å². The van der Waals surface area contributed by atoms with Gasteiger partial charge in [0.05, 0.1) is 12.7 Å². The van der Waals surface area contributed by atoms with Crippen LogP contribution in [0, 0.1) is 0 Å². The number of carbonyl (C=O) groups excluding carboxylic acids is 1. The molecule has 0 atom stereocenters. The second-order valence-corrected chi connectivity index (χ2v) is 7.37. The number of aryl methyl sites for hydroxylation is 2. The van der Waals surface area contributed by atoms with E-state index in [1.807, 2.05) is 18.3 Å². The van der Waals surface area contributed by atoms with Crippen molar-refractivity contribution in [2.75, 3.05) is 6.54 Å². The number of amides is 1. The highest BCUT2D eigenvalue weighted by molar-refractivity contribution is 5.89. The molecular formula is C23H22N2O2. The maximum Gasteiger partial charge on any atom is 0.224 e. The van der Waals surface area contributed by atoms with Gasteiger partial charge in [-0.2, -0.15) is 0 Å². The summed E-state index contributed by atoms with van der Waals surface area (Å²) in [7, 11) is 0. The van der Waals surface area contributed by atoms with E-state index in [9.17, 15) is 4.79 Å². The fourth-order valence-electron chi connectivity index (χ4n) is 4.20. The number of fused-ring (bicyclic) bond motifs is 3. The molecule has 1 aliphatic carbocycles. The average Bonchev–Trinajstić information content (AvgIpc) is 3.39. The second kappa shape index (κ2) is 6.62. The molecule has 0 spiro atoms. The van der Waals surface area contributed by atoms with Crippen molar-refractivity contribution < 1.29 is 9.21 Å². The monoisotopic (exact) mass is 358 g/mol. The summed E-state index contributed by atoms with van der Waals surface area (Å²) >= 11 is 0. The number of hydrogen-bond donors (Lipinski definition) is 2. The lowest BCUT2D eigenvalue weighted by Crippen LogP contribution is -2.27. The Labute approximate surface area is 157 Å². The predicted octanol–water partition coefficient (Wildman–Crippen LogP) is 4.30. The van der Waals surface area contributed by atoms with E-state index >= 15 is 0 Å². The van der Waals surface area contributed by atoms with Crippen molar-refractivity contribution in [2.24, 2.45) is 0 Å². The normalized spacial score (nSPS) is 13.3. The van der Waals surface area contributed by atoms with Gasteiger partial charge in [-0.3, -0.25) is 4.79 Å². The van der Waals surface area contributed by atoms with Crippen LogP contribution in [0.1, 0.15) is 28.7 Å². The van der Waals surface area contributed by atoms with Gasteiger partial charge in [0.1, 0.15) is 5.58 Å². The predicted molar refractivity (Wildman–Crippen MR) is 107 cm³/mol. The van der Waals surface area contributed by atoms with Crippen LogP contribution in [0.2, 0.25) is 0 Å². The van der Waals surface area contributed by atoms with E-state index in [4.69, 9.17) is 4.42 Å². The van der Waals surface area contributed by atoms with Crippen LogP contribution in [0.25, 0.3) is 21.9 Å². The minimum Gasteiger partial charge on any atom is -0.464 e. The van der Waals surface area contributed by atoms with Crippen molar-refractivity contribution in [1.29, 1.82) is 0 Å². The van der Waals surface area contributed by atoms with E-state index in [1.165, 1.54) is 28.5 Å². The SMILES string of the molecule is O=C(Cc1coc2cc3c(cc12)CCC3)NCCc1c[nH]c2ccccc12. The molecule has 0 bridgehead atoms. The van der Waals surface area contributed by atoms with Crippen molar-refractivity contribution in [3.05, 3.63) is 71.1 Å². The third-order valence-corrected chi connectivity index (χ3v) is 5.61. The third-order valence-electron chi connectivity index (χ3n) is 5.61. The first kappa shape index (κ1) is 16.2. The van der Waals surface area contributed by atoms with Gasteiger partial charge in [-0.25, -0.2) is 0 Å². The van der Waals surface area contributed by atoms with Gasteiger partial charge in [0.2, 0.25) is 5.91 Å². The fourth-order valence-corrected chi connectivity index (χ4v) is 4.20. The molecule has 0 fully saturated rings. The Morgan fingerprint density at radius 2 is 1.93 bits per heavy atom. The maximum atomic E-state index is 12.4. The van der Waals surface area contributed by atoms with Crippen molar-refractivity contribution >= 4 is 27.8 Å². The van der Waals surface area contributed by atoms with Crippen molar-refractivity contribution in [1.82, 2.24) is 10.3 Å². The van der Waals surface area contributed by atoms with Crippen LogP contribution in [-0.4, -0.2) is 17.4 Å². The van der Waals surface area contributed by atoms with E-state index < -0.39 is 0 Å². The van der Waals surface area contributed by atoms with E-state index in [2.05, 4.69) is 34.6 Å². The molecule has 2 heterocycles. The van der Waals surface area contributed by atoms with Crippen LogP contribution >= 0.6 is 0 Å². The Morgan fingerprint density at radius 3 is 2.85 bits per heavy atom. The van der Waals surface area contributed by atoms with E-state index in [1.54, 1.807) is 6.26 Å². The lowest BCUT2D eigenvalue weighted by Gasteiger charge is -2.05. The molecule has 2 aromatic carbocycles. The Morgan fingerprint density at radius 1 is 1.07 bits per heavy atom. The Kier molecular flexibility index (Phi) is 3.97. The van der Waals surface area contributed by atoms with Crippen molar-refractivity contribution in [2.45, 2.75) is 32.1 Å². The van der Waals surface area contributed by atoms with Gasteiger partial charge < -0.3 is 14.7 Å². The van der Waals surface area contributed by atoms with Gasteiger partial charge >= 0.3 is 0 Å². The lowest BCUT2D eigenvalue weighted by molar-refractivity contribution is -0.120. The third kappa shape index (κ3) is 3.01. The lowest BCUT2D eigenvalue weighted by atomic mass is 10.0. The van der Waals surface area contributed by atoms with Crippen LogP contribution in [0.3, 0.4) is 0 Å². The highest BCUT2D eigenvalue weighted by Gasteiger charge is 2.16. The Hall–Kier alpha value is -3.01. The molecule has 0 radical (unpaired) electrons. The molecule has 0 aliphatic heterocycles. The number of rotatable bonds is 5. The van der Waals surface area contributed by atoms with Crippen LogP contribution in [0.5, 0.6) is 0 Å². The standard InChI is InChI=1S/C23H22N2O2/c26-23(24-9-8-17-13-25-21-7-2-1-6-19(17)21)12-18-14-27-22-11-16-5-3-4-15(16)10-20(18)22/h1-2,6-7,10-11,13-14,25H,3-5,8-9,12H2,(H,24,26). The van der Waals surface area contributed by atoms with Crippen LogP contribution in [0.15, 0.2) is 53.3 Å². The maximum absolute atomic E-state index is 12.4. The Balaban J connectivity index is 1.24. The zero-order valence-electron chi connectivity index (χ0n) is 15.2. The number of aromatic nitrogens is 1. The van der Waals surface area contributed by atoms with Crippen LogP contribution in [0.4, 0.5) is 0 Å². The summed E-state index contributed by atoms with van der Waals surface area (Å²) in [6.07, 6.45) is 8.42. The number of furan rings is 1. The minimum atomic E-state index is 0.0399. The molecule has 136 valence electrons. The first-order chi connectivity index (χ1) is 13.3. The molecule has 4 heteroatoms. The van der Waals surface area contributed by atoms with Crippen LogP contribution in [-0.2, 0) is 30.5 Å². The molecule has 27 heavy (non-hydrogen) atoms. The zero-order valence-corrected chi connectivity index (χ0v) is 15.2. The van der Waals surface area contributed by atoms with E-state index in [0.717, 1.165) is 41.3 Å². The molecule has 4 aromatic rings. The molecule has 1 aliphatic rings. The van der Waals surface area contributed by atoms with Crippen LogP contribution < -0.4 is 5.32 Å². The first-order valence-corrected chi connectivity index (χ1v) is 9.61. The van der Waals surface area contributed by atoms with Gasteiger partial charge in [-0.1, -0.05) is 18.2 Å². The molecule has 0 saturated carbocycles. The molecule has 5 rings (SSSR count). The summed E-state index contributed by atoms with van der Waals surface area (Å²) in [4.78, 5) is 15.7. The highest BCUT2D eigenvalue weighted by atomic mass is 16.3. The average molecular weight is 358 g/mol. The van der Waals surface area contributed by atoms with Crippen molar-refractivity contribution in [3.8, 4) is 0 Å². The topological polar surface area (TPSA) is 58.0 Å². The van der Waals surface area contributed by atoms with Gasteiger partial charge in [0, 0.05) is 34.6 Å². The van der Waals surface area contributed by atoms with Crippen molar-refractivity contribution in [3.63, 3.8) is 0 Å². The number of para-hydroxylation sites is 1. The summed E-state index contributed by atoms with van der Waals surface area (Å²) in [6, 6.07) is 12.6.